The summed E-state index contributed by atoms with van der Waals surface area (Å²) in [6, 6.07) is 4.79. The van der Waals surface area contributed by atoms with Crippen LogP contribution in [0.25, 0.3) is 0 Å². The molecule has 0 aromatic heterocycles. The van der Waals surface area contributed by atoms with Gasteiger partial charge in [0.15, 0.2) is 11.6 Å². The zero-order valence-corrected chi connectivity index (χ0v) is 13.9. The van der Waals surface area contributed by atoms with Crippen molar-refractivity contribution in [3.8, 4) is 5.75 Å². The molecule has 0 radical (unpaired) electrons. The fourth-order valence-electron chi connectivity index (χ4n) is 1.87. The van der Waals surface area contributed by atoms with Crippen LogP contribution in [0.15, 0.2) is 18.2 Å². The van der Waals surface area contributed by atoms with Crippen LogP contribution < -0.4 is 9.46 Å². The molecule has 1 aliphatic rings. The first kappa shape index (κ1) is 16.6. The van der Waals surface area contributed by atoms with Crippen LogP contribution in [-0.4, -0.2) is 15.9 Å². The average molecular weight is 313 g/mol. The van der Waals surface area contributed by atoms with E-state index in [1.54, 1.807) is 18.2 Å². The molecular formula is C16H24FNO2S. The molecule has 0 amide bonds. The first-order valence-corrected chi connectivity index (χ1v) is 8.53. The number of ether oxygens (including phenoxy) is 1. The van der Waals surface area contributed by atoms with Gasteiger partial charge in [-0.15, -0.1) is 4.72 Å². The Morgan fingerprint density at radius 2 is 2.10 bits per heavy atom. The maximum absolute atomic E-state index is 14.5. The Kier molecular flexibility index (Phi) is 5.17. The number of nitrogens with one attached hydrogen (secondary N) is 1. The van der Waals surface area contributed by atoms with Crippen molar-refractivity contribution < 1.29 is 13.7 Å². The van der Waals surface area contributed by atoms with Gasteiger partial charge in [0.1, 0.15) is 4.75 Å². The molecule has 1 aromatic rings. The van der Waals surface area contributed by atoms with Crippen LogP contribution in [0.5, 0.6) is 5.75 Å². The monoisotopic (exact) mass is 313 g/mol. The average Bonchev–Trinajstić information content (AvgIpc) is 3.20. The highest BCUT2D eigenvalue weighted by Crippen LogP contribution is 2.32. The molecule has 1 unspecified atom stereocenters. The van der Waals surface area contributed by atoms with Crippen molar-refractivity contribution in [2.24, 2.45) is 5.92 Å². The van der Waals surface area contributed by atoms with Crippen LogP contribution in [0.3, 0.4) is 0 Å². The van der Waals surface area contributed by atoms with E-state index in [0.29, 0.717) is 18.1 Å². The van der Waals surface area contributed by atoms with Gasteiger partial charge in [-0.1, -0.05) is 12.1 Å². The molecule has 3 nitrogen and oxygen atoms in total. The first-order valence-electron chi connectivity index (χ1n) is 7.38. The van der Waals surface area contributed by atoms with Gasteiger partial charge in [0.05, 0.1) is 12.6 Å². The van der Waals surface area contributed by atoms with Gasteiger partial charge < -0.3 is 9.29 Å². The van der Waals surface area contributed by atoms with Crippen molar-refractivity contribution in [2.75, 3.05) is 6.61 Å². The summed E-state index contributed by atoms with van der Waals surface area (Å²) in [6.45, 7) is 8.04. The van der Waals surface area contributed by atoms with Gasteiger partial charge in [-0.3, -0.25) is 0 Å². The standard InChI is InChI=1S/C16H24FNO2S/c1-11(18-21(19)16(2,3)4)13-6-5-7-14(15(13)17)20-10-12-8-9-12/h5-7,11-12,18H,8-10H2,1-4H3/t11-,21?/m0/s1. The fraction of sp³-hybridized carbons (Fsp3) is 0.625. The summed E-state index contributed by atoms with van der Waals surface area (Å²) in [5.41, 5.74) is 0.487. The van der Waals surface area contributed by atoms with Crippen LogP contribution >= 0.6 is 0 Å². The summed E-state index contributed by atoms with van der Waals surface area (Å²) >= 11 is -1.24. The SMILES string of the molecule is C[C@H](N[S+]([O-])C(C)(C)C)c1cccc(OCC2CC2)c1F. The van der Waals surface area contributed by atoms with Gasteiger partial charge in [0, 0.05) is 16.9 Å². The maximum atomic E-state index is 14.5. The van der Waals surface area contributed by atoms with E-state index >= 15 is 0 Å². The molecule has 118 valence electrons. The molecule has 1 saturated carbocycles. The van der Waals surface area contributed by atoms with Crippen LogP contribution in [0, 0.1) is 11.7 Å². The van der Waals surface area contributed by atoms with E-state index in [-0.39, 0.29) is 22.4 Å². The molecule has 0 bridgehead atoms. The molecule has 0 heterocycles. The van der Waals surface area contributed by atoms with E-state index in [1.165, 1.54) is 12.8 Å². The van der Waals surface area contributed by atoms with Gasteiger partial charge in [0.25, 0.3) is 0 Å². The topological polar surface area (TPSA) is 44.3 Å². The third kappa shape index (κ3) is 4.59. The smallest absolute Gasteiger partial charge is 0.169 e. The lowest BCUT2D eigenvalue weighted by atomic mass is 10.1. The number of hydrogen-bond donors (Lipinski definition) is 1. The number of halogens is 1. The van der Waals surface area contributed by atoms with Gasteiger partial charge in [-0.2, -0.15) is 0 Å². The minimum Gasteiger partial charge on any atom is -0.598 e. The van der Waals surface area contributed by atoms with Crippen molar-refractivity contribution in [1.29, 1.82) is 0 Å². The molecule has 1 N–H and O–H groups in total. The number of benzene rings is 1. The van der Waals surface area contributed by atoms with Crippen molar-refractivity contribution in [3.63, 3.8) is 0 Å². The predicted molar refractivity (Wildman–Crippen MR) is 84.1 cm³/mol. The number of rotatable bonds is 6. The molecule has 1 aliphatic carbocycles. The second-order valence-electron chi connectivity index (χ2n) is 6.63. The van der Waals surface area contributed by atoms with E-state index in [0.717, 1.165) is 0 Å². The Hall–Kier alpha value is -0.780. The maximum Gasteiger partial charge on any atom is 0.169 e. The highest BCUT2D eigenvalue weighted by molar-refractivity contribution is 7.90. The summed E-state index contributed by atoms with van der Waals surface area (Å²) < 4.78 is 34.7. The summed E-state index contributed by atoms with van der Waals surface area (Å²) in [5.74, 6) is 0.510. The third-order valence-corrected chi connectivity index (χ3v) is 5.15. The van der Waals surface area contributed by atoms with E-state index in [2.05, 4.69) is 4.72 Å². The van der Waals surface area contributed by atoms with Gasteiger partial charge in [-0.25, -0.2) is 4.39 Å². The molecule has 21 heavy (non-hydrogen) atoms. The Bertz CT molecular complexity index is 486. The zero-order valence-electron chi connectivity index (χ0n) is 13.1. The third-order valence-electron chi connectivity index (χ3n) is 3.47. The Morgan fingerprint density at radius 1 is 1.43 bits per heavy atom. The zero-order chi connectivity index (χ0) is 15.6. The molecule has 2 atom stereocenters. The van der Waals surface area contributed by atoms with Gasteiger partial charge in [0.2, 0.25) is 0 Å². The summed E-state index contributed by atoms with van der Waals surface area (Å²) in [6.07, 6.45) is 2.34. The van der Waals surface area contributed by atoms with E-state index < -0.39 is 11.4 Å². The summed E-state index contributed by atoms with van der Waals surface area (Å²) in [5, 5.41) is 0. The molecule has 5 heteroatoms. The van der Waals surface area contributed by atoms with Crippen molar-refractivity contribution in [3.05, 3.63) is 29.6 Å². The van der Waals surface area contributed by atoms with E-state index in [1.807, 2.05) is 27.7 Å². The van der Waals surface area contributed by atoms with Crippen molar-refractivity contribution in [2.45, 2.75) is 51.3 Å². The van der Waals surface area contributed by atoms with Crippen molar-refractivity contribution >= 4 is 11.4 Å². The first-order chi connectivity index (χ1) is 9.79. The van der Waals surface area contributed by atoms with Crippen LogP contribution in [-0.2, 0) is 11.4 Å². The molecular weight excluding hydrogens is 289 g/mol. The molecule has 0 aliphatic heterocycles. The minimum absolute atomic E-state index is 0.287. The summed E-state index contributed by atoms with van der Waals surface area (Å²) in [7, 11) is 0. The van der Waals surface area contributed by atoms with Gasteiger partial charge >= 0.3 is 0 Å². The van der Waals surface area contributed by atoms with Crippen LogP contribution in [0.4, 0.5) is 4.39 Å². The lowest BCUT2D eigenvalue weighted by molar-refractivity contribution is 0.283. The second-order valence-corrected chi connectivity index (χ2v) is 8.63. The molecule has 1 aromatic carbocycles. The molecule has 2 rings (SSSR count). The molecule has 0 saturated heterocycles. The van der Waals surface area contributed by atoms with Gasteiger partial charge in [-0.05, 0) is 52.5 Å². The highest BCUT2D eigenvalue weighted by Gasteiger charge is 2.29. The molecule has 1 fully saturated rings. The largest absolute Gasteiger partial charge is 0.598 e. The second kappa shape index (κ2) is 6.55. The van der Waals surface area contributed by atoms with E-state index in [9.17, 15) is 8.94 Å². The Balaban J connectivity index is 2.05. The normalized spacial score (nSPS) is 18.4. The van der Waals surface area contributed by atoms with E-state index in [4.69, 9.17) is 4.74 Å². The highest BCUT2D eigenvalue weighted by atomic mass is 32.2. The fourth-order valence-corrected chi connectivity index (χ4v) is 2.67. The molecule has 0 spiro atoms. The van der Waals surface area contributed by atoms with Crippen LogP contribution in [0.1, 0.15) is 52.1 Å². The predicted octanol–water partition coefficient (Wildman–Crippen LogP) is 3.73. The lowest BCUT2D eigenvalue weighted by Crippen LogP contribution is -2.40. The number of hydrogen-bond acceptors (Lipinski definition) is 3. The quantitative estimate of drug-likeness (QED) is 0.814. The van der Waals surface area contributed by atoms with Crippen molar-refractivity contribution in [1.82, 2.24) is 4.72 Å². The Morgan fingerprint density at radius 3 is 2.67 bits per heavy atom. The Labute approximate surface area is 129 Å². The summed E-state index contributed by atoms with van der Waals surface area (Å²) in [4.78, 5) is 0. The lowest BCUT2D eigenvalue weighted by Gasteiger charge is -2.26. The minimum atomic E-state index is -1.24. The van der Waals surface area contributed by atoms with Crippen LogP contribution in [0.2, 0.25) is 0 Å².